The van der Waals surface area contributed by atoms with E-state index >= 15 is 0 Å². The zero-order chi connectivity index (χ0) is 17.0. The molecule has 1 aromatic carbocycles. The molecule has 8 nitrogen and oxygen atoms in total. The number of para-hydroxylation sites is 1. The standard InChI is InChI=1S/C14H19N3O5S/c1-12(18)15-7-4-8-16(10-9-15)23(21,22)11-13-5-2-3-6-14(13)17(19)20/h2-3,5-6H,4,7-11H2,1H3. The number of nitrogens with zero attached hydrogens (tertiary/aromatic N) is 3. The Balaban J connectivity index is 2.16. The molecule has 1 saturated heterocycles. The van der Waals surface area contributed by atoms with Gasteiger partial charge in [-0.15, -0.1) is 0 Å². The molecule has 0 saturated carbocycles. The molecule has 0 atom stereocenters. The fourth-order valence-electron chi connectivity index (χ4n) is 2.59. The quantitative estimate of drug-likeness (QED) is 0.600. The van der Waals surface area contributed by atoms with Crippen molar-refractivity contribution in [3.8, 4) is 0 Å². The molecule has 0 N–H and O–H groups in total. The Bertz CT molecular complexity index is 704. The minimum atomic E-state index is -3.67. The highest BCUT2D eigenvalue weighted by atomic mass is 32.2. The topological polar surface area (TPSA) is 101 Å². The maximum absolute atomic E-state index is 12.6. The van der Waals surface area contributed by atoms with Crippen LogP contribution in [0.4, 0.5) is 5.69 Å². The lowest BCUT2D eigenvalue weighted by Crippen LogP contribution is -2.37. The fraction of sp³-hybridized carbons (Fsp3) is 0.500. The number of carbonyl (C=O) groups is 1. The van der Waals surface area contributed by atoms with Gasteiger partial charge in [0.2, 0.25) is 15.9 Å². The van der Waals surface area contributed by atoms with Crippen LogP contribution >= 0.6 is 0 Å². The lowest BCUT2D eigenvalue weighted by molar-refractivity contribution is -0.385. The molecule has 0 spiro atoms. The van der Waals surface area contributed by atoms with E-state index in [1.807, 2.05) is 0 Å². The largest absolute Gasteiger partial charge is 0.342 e. The van der Waals surface area contributed by atoms with Crippen LogP contribution in [0.15, 0.2) is 24.3 Å². The predicted octanol–water partition coefficient (Wildman–Crippen LogP) is 0.979. The first-order chi connectivity index (χ1) is 10.8. The fourth-order valence-corrected chi connectivity index (χ4v) is 4.17. The summed E-state index contributed by atoms with van der Waals surface area (Å²) >= 11 is 0. The molecular weight excluding hydrogens is 322 g/mol. The molecule has 0 aromatic heterocycles. The number of nitro benzene ring substituents is 1. The van der Waals surface area contributed by atoms with Gasteiger partial charge in [-0.25, -0.2) is 8.42 Å². The van der Waals surface area contributed by atoms with Gasteiger partial charge < -0.3 is 4.90 Å². The number of benzene rings is 1. The van der Waals surface area contributed by atoms with E-state index in [0.717, 1.165) is 0 Å². The zero-order valence-electron chi connectivity index (χ0n) is 12.8. The summed E-state index contributed by atoms with van der Waals surface area (Å²) in [5.74, 6) is -0.493. The minimum absolute atomic E-state index is 0.0806. The smallest absolute Gasteiger partial charge is 0.273 e. The first-order valence-corrected chi connectivity index (χ1v) is 8.88. The Morgan fingerprint density at radius 1 is 1.22 bits per heavy atom. The van der Waals surface area contributed by atoms with Crippen LogP contribution < -0.4 is 0 Å². The lowest BCUT2D eigenvalue weighted by Gasteiger charge is -2.21. The van der Waals surface area contributed by atoms with Gasteiger partial charge in [0.25, 0.3) is 5.69 Å². The van der Waals surface area contributed by atoms with E-state index in [4.69, 9.17) is 0 Å². The lowest BCUT2D eigenvalue weighted by atomic mass is 10.2. The van der Waals surface area contributed by atoms with Crippen molar-refractivity contribution in [2.24, 2.45) is 0 Å². The molecule has 1 aliphatic heterocycles. The number of hydrogen-bond donors (Lipinski definition) is 0. The second kappa shape index (κ2) is 7.05. The van der Waals surface area contributed by atoms with E-state index in [9.17, 15) is 23.3 Å². The van der Waals surface area contributed by atoms with Gasteiger partial charge in [0.15, 0.2) is 0 Å². The highest BCUT2D eigenvalue weighted by Gasteiger charge is 2.28. The third-order valence-corrected chi connectivity index (χ3v) is 5.65. The summed E-state index contributed by atoms with van der Waals surface area (Å²) in [7, 11) is -3.67. The Labute approximate surface area is 134 Å². The highest BCUT2D eigenvalue weighted by Crippen LogP contribution is 2.22. The Hall–Kier alpha value is -2.00. The third-order valence-electron chi connectivity index (χ3n) is 3.82. The molecule has 0 unspecified atom stereocenters. The van der Waals surface area contributed by atoms with Crippen LogP contribution in [-0.4, -0.2) is 54.6 Å². The van der Waals surface area contributed by atoms with Crippen LogP contribution in [0.5, 0.6) is 0 Å². The number of rotatable bonds is 4. The second-order valence-electron chi connectivity index (χ2n) is 5.40. The molecule has 1 aliphatic rings. The van der Waals surface area contributed by atoms with Crippen molar-refractivity contribution < 1.29 is 18.1 Å². The first kappa shape index (κ1) is 17.4. The maximum atomic E-state index is 12.6. The second-order valence-corrected chi connectivity index (χ2v) is 7.37. The molecule has 0 bridgehead atoms. The van der Waals surface area contributed by atoms with E-state index in [-0.39, 0.29) is 23.7 Å². The van der Waals surface area contributed by atoms with E-state index in [0.29, 0.717) is 26.1 Å². The highest BCUT2D eigenvalue weighted by molar-refractivity contribution is 7.88. The molecule has 23 heavy (non-hydrogen) atoms. The van der Waals surface area contributed by atoms with E-state index in [1.165, 1.54) is 29.4 Å². The summed E-state index contributed by atoms with van der Waals surface area (Å²) in [4.78, 5) is 23.4. The van der Waals surface area contributed by atoms with Crippen LogP contribution in [0.1, 0.15) is 18.9 Å². The van der Waals surface area contributed by atoms with Gasteiger partial charge in [0, 0.05) is 44.7 Å². The molecule has 1 heterocycles. The maximum Gasteiger partial charge on any atom is 0.273 e. The van der Waals surface area contributed by atoms with Gasteiger partial charge in [-0.3, -0.25) is 14.9 Å². The third kappa shape index (κ3) is 4.26. The van der Waals surface area contributed by atoms with Crippen molar-refractivity contribution >= 4 is 21.6 Å². The number of amides is 1. The molecule has 1 fully saturated rings. The summed E-state index contributed by atoms with van der Waals surface area (Å²) in [6, 6.07) is 5.84. The number of sulfonamides is 1. The normalized spacial score (nSPS) is 16.8. The summed E-state index contributed by atoms with van der Waals surface area (Å²) in [6.07, 6.45) is 0.551. The Morgan fingerprint density at radius 2 is 1.91 bits per heavy atom. The van der Waals surface area contributed by atoms with Crippen LogP contribution in [0.2, 0.25) is 0 Å². The van der Waals surface area contributed by atoms with Gasteiger partial charge in [0.05, 0.1) is 10.7 Å². The van der Waals surface area contributed by atoms with Gasteiger partial charge in [-0.05, 0) is 6.42 Å². The molecule has 126 valence electrons. The van der Waals surface area contributed by atoms with Crippen LogP contribution in [0, 0.1) is 10.1 Å². The van der Waals surface area contributed by atoms with Crippen LogP contribution in [0.25, 0.3) is 0 Å². The molecule has 0 aliphatic carbocycles. The summed E-state index contributed by atoms with van der Waals surface area (Å²) in [5.41, 5.74) is -0.0265. The summed E-state index contributed by atoms with van der Waals surface area (Å²) in [5, 5.41) is 11.0. The predicted molar refractivity (Wildman–Crippen MR) is 84.2 cm³/mol. The van der Waals surface area contributed by atoms with Crippen molar-refractivity contribution in [2.45, 2.75) is 19.1 Å². The van der Waals surface area contributed by atoms with E-state index < -0.39 is 20.7 Å². The Kier molecular flexibility index (Phi) is 5.32. The van der Waals surface area contributed by atoms with E-state index in [2.05, 4.69) is 0 Å². The van der Waals surface area contributed by atoms with E-state index in [1.54, 1.807) is 11.0 Å². The van der Waals surface area contributed by atoms with Crippen molar-refractivity contribution in [3.63, 3.8) is 0 Å². The molecule has 0 radical (unpaired) electrons. The Morgan fingerprint density at radius 3 is 2.57 bits per heavy atom. The van der Waals surface area contributed by atoms with Crippen molar-refractivity contribution in [1.29, 1.82) is 0 Å². The molecule has 9 heteroatoms. The molecular formula is C14H19N3O5S. The average Bonchev–Trinajstić information content (AvgIpc) is 2.73. The monoisotopic (exact) mass is 341 g/mol. The first-order valence-electron chi connectivity index (χ1n) is 7.27. The van der Waals surface area contributed by atoms with Crippen LogP contribution in [0.3, 0.4) is 0 Å². The summed E-state index contributed by atoms with van der Waals surface area (Å²) < 4.78 is 26.4. The summed E-state index contributed by atoms with van der Waals surface area (Å²) in [6.45, 7) is 2.84. The molecule has 2 rings (SSSR count). The molecule has 1 aromatic rings. The average molecular weight is 341 g/mol. The minimum Gasteiger partial charge on any atom is -0.342 e. The molecule has 1 amide bonds. The SMILES string of the molecule is CC(=O)N1CCCN(S(=O)(=O)Cc2ccccc2[N+](=O)[O-])CC1. The van der Waals surface area contributed by atoms with Gasteiger partial charge in [0.1, 0.15) is 0 Å². The van der Waals surface area contributed by atoms with Crippen molar-refractivity contribution in [3.05, 3.63) is 39.9 Å². The van der Waals surface area contributed by atoms with Gasteiger partial charge in [-0.2, -0.15) is 4.31 Å². The van der Waals surface area contributed by atoms with Gasteiger partial charge >= 0.3 is 0 Å². The zero-order valence-corrected chi connectivity index (χ0v) is 13.7. The number of nitro groups is 1. The van der Waals surface area contributed by atoms with Gasteiger partial charge in [-0.1, -0.05) is 18.2 Å². The van der Waals surface area contributed by atoms with Crippen molar-refractivity contribution in [2.75, 3.05) is 26.2 Å². The van der Waals surface area contributed by atoms with Crippen LogP contribution in [-0.2, 0) is 20.6 Å². The number of carbonyl (C=O) groups excluding carboxylic acids is 1. The number of hydrogen-bond acceptors (Lipinski definition) is 5. The van der Waals surface area contributed by atoms with Crippen molar-refractivity contribution in [1.82, 2.24) is 9.21 Å².